The van der Waals surface area contributed by atoms with Gasteiger partial charge in [-0.25, -0.2) is 9.18 Å². The number of carbonyl (C=O) groups is 2. The minimum absolute atomic E-state index is 0.292. The van der Waals surface area contributed by atoms with Crippen LogP contribution in [-0.4, -0.2) is 24.5 Å². The highest BCUT2D eigenvalue weighted by Crippen LogP contribution is 2.10. The van der Waals surface area contributed by atoms with Gasteiger partial charge in [0.15, 0.2) is 6.10 Å². The Hall–Kier alpha value is -2.69. The maximum atomic E-state index is 12.8. The van der Waals surface area contributed by atoms with E-state index in [2.05, 4.69) is 5.32 Å². The number of amides is 1. The monoisotopic (exact) mass is 329 g/mol. The summed E-state index contributed by atoms with van der Waals surface area (Å²) >= 11 is 0. The number of ether oxygens (including phenoxy) is 1. The summed E-state index contributed by atoms with van der Waals surface area (Å²) in [7, 11) is 0. The molecule has 0 saturated heterocycles. The highest BCUT2D eigenvalue weighted by atomic mass is 19.1. The minimum Gasteiger partial charge on any atom is -0.449 e. The number of esters is 1. The molecule has 2 rings (SSSR count). The van der Waals surface area contributed by atoms with Crippen LogP contribution in [0.3, 0.4) is 0 Å². The third kappa shape index (κ3) is 4.91. The van der Waals surface area contributed by atoms with Gasteiger partial charge in [-0.15, -0.1) is 0 Å². The van der Waals surface area contributed by atoms with Gasteiger partial charge in [0.25, 0.3) is 5.91 Å². The second-order valence-corrected chi connectivity index (χ2v) is 5.53. The first kappa shape index (κ1) is 17.7. The zero-order chi connectivity index (χ0) is 17.5. The predicted molar refractivity (Wildman–Crippen MR) is 89.2 cm³/mol. The molecule has 0 aliphatic rings. The minimum atomic E-state index is -0.884. The summed E-state index contributed by atoms with van der Waals surface area (Å²) < 4.78 is 18.0. The largest absolute Gasteiger partial charge is 0.449 e. The first-order valence-corrected chi connectivity index (χ1v) is 7.76. The molecule has 0 fully saturated rings. The number of hydrogen-bond acceptors (Lipinski definition) is 3. The van der Waals surface area contributed by atoms with Crippen molar-refractivity contribution in [3.8, 4) is 0 Å². The summed E-state index contributed by atoms with van der Waals surface area (Å²) in [5.74, 6) is -1.17. The molecule has 1 N–H and O–H groups in total. The molecule has 4 nitrogen and oxygen atoms in total. The topological polar surface area (TPSA) is 55.4 Å². The lowest BCUT2D eigenvalue weighted by Gasteiger charge is -2.14. The van der Waals surface area contributed by atoms with Gasteiger partial charge in [-0.2, -0.15) is 0 Å². The van der Waals surface area contributed by atoms with E-state index in [0.717, 1.165) is 11.1 Å². The number of hydrogen-bond donors (Lipinski definition) is 1. The van der Waals surface area contributed by atoms with Crippen molar-refractivity contribution in [2.45, 2.75) is 26.4 Å². The summed E-state index contributed by atoms with van der Waals surface area (Å²) in [6, 6.07) is 13.1. The van der Waals surface area contributed by atoms with Crippen LogP contribution >= 0.6 is 0 Å². The van der Waals surface area contributed by atoms with Crippen molar-refractivity contribution >= 4 is 11.9 Å². The lowest BCUT2D eigenvalue weighted by atomic mass is 10.1. The number of carbonyl (C=O) groups excluding carboxylic acids is 2. The molecule has 2 aromatic rings. The molecule has 0 aliphatic heterocycles. The zero-order valence-electron chi connectivity index (χ0n) is 13.7. The number of halogens is 1. The van der Waals surface area contributed by atoms with Crippen LogP contribution < -0.4 is 5.32 Å². The molecule has 0 unspecified atom stereocenters. The Morgan fingerprint density at radius 2 is 1.79 bits per heavy atom. The van der Waals surface area contributed by atoms with Crippen molar-refractivity contribution in [2.24, 2.45) is 0 Å². The second kappa shape index (κ2) is 8.24. The molecular weight excluding hydrogens is 309 g/mol. The molecule has 0 bridgehead atoms. The summed E-state index contributed by atoms with van der Waals surface area (Å²) in [5.41, 5.74) is 2.16. The molecule has 126 valence electrons. The normalized spacial score (nSPS) is 11.6. The van der Waals surface area contributed by atoms with Crippen LogP contribution in [0.25, 0.3) is 0 Å². The molecular formula is C19H20FNO3. The van der Waals surface area contributed by atoms with E-state index < -0.39 is 12.1 Å². The van der Waals surface area contributed by atoms with Crippen molar-refractivity contribution in [2.75, 3.05) is 6.54 Å². The first-order valence-electron chi connectivity index (χ1n) is 7.76. The lowest BCUT2D eigenvalue weighted by molar-refractivity contribution is -0.129. The smallest absolute Gasteiger partial charge is 0.339 e. The van der Waals surface area contributed by atoms with E-state index in [1.807, 2.05) is 19.1 Å². The first-order chi connectivity index (χ1) is 11.5. The molecule has 0 radical (unpaired) electrons. The lowest BCUT2D eigenvalue weighted by Crippen LogP contribution is -2.37. The van der Waals surface area contributed by atoms with E-state index >= 15 is 0 Å². The van der Waals surface area contributed by atoms with Gasteiger partial charge in [0.1, 0.15) is 5.82 Å². The number of benzene rings is 2. The van der Waals surface area contributed by atoms with Crippen LogP contribution in [0, 0.1) is 12.7 Å². The van der Waals surface area contributed by atoms with E-state index in [9.17, 15) is 14.0 Å². The SMILES string of the molecule is Cc1ccccc1C(=O)O[C@@H](C)C(=O)NCCc1ccc(F)cc1. The number of nitrogens with one attached hydrogen (secondary N) is 1. The van der Waals surface area contributed by atoms with Gasteiger partial charge in [0.05, 0.1) is 5.56 Å². The van der Waals surface area contributed by atoms with Crippen LogP contribution in [-0.2, 0) is 16.0 Å². The molecule has 1 atom stereocenters. The van der Waals surface area contributed by atoms with E-state index in [1.165, 1.54) is 19.1 Å². The van der Waals surface area contributed by atoms with Crippen LogP contribution in [0.5, 0.6) is 0 Å². The average Bonchev–Trinajstić information content (AvgIpc) is 2.56. The zero-order valence-corrected chi connectivity index (χ0v) is 13.7. The van der Waals surface area contributed by atoms with Crippen LogP contribution in [0.1, 0.15) is 28.4 Å². The Morgan fingerprint density at radius 3 is 2.46 bits per heavy atom. The molecule has 0 spiro atoms. The predicted octanol–water partition coefficient (Wildman–Crippen LogP) is 3.04. The van der Waals surface area contributed by atoms with E-state index in [4.69, 9.17) is 4.74 Å². The van der Waals surface area contributed by atoms with E-state index in [1.54, 1.807) is 24.3 Å². The number of rotatable bonds is 6. The Kier molecular flexibility index (Phi) is 6.07. The van der Waals surface area contributed by atoms with Crippen molar-refractivity contribution in [1.29, 1.82) is 0 Å². The van der Waals surface area contributed by atoms with Crippen LogP contribution in [0.2, 0.25) is 0 Å². The fraction of sp³-hybridized carbons (Fsp3) is 0.263. The molecule has 1 amide bonds. The summed E-state index contributed by atoms with van der Waals surface area (Å²) in [6.45, 7) is 3.73. The van der Waals surface area contributed by atoms with E-state index in [0.29, 0.717) is 18.5 Å². The Balaban J connectivity index is 1.80. The molecule has 5 heteroatoms. The molecule has 0 heterocycles. The third-order valence-corrected chi connectivity index (χ3v) is 3.64. The van der Waals surface area contributed by atoms with Gasteiger partial charge in [-0.3, -0.25) is 4.79 Å². The van der Waals surface area contributed by atoms with Gasteiger partial charge in [0.2, 0.25) is 0 Å². The summed E-state index contributed by atoms with van der Waals surface area (Å²) in [6.07, 6.45) is -0.310. The van der Waals surface area contributed by atoms with E-state index in [-0.39, 0.29) is 11.7 Å². The van der Waals surface area contributed by atoms with Gasteiger partial charge < -0.3 is 10.1 Å². The highest BCUT2D eigenvalue weighted by Gasteiger charge is 2.19. The van der Waals surface area contributed by atoms with Gasteiger partial charge in [-0.05, 0) is 49.6 Å². The Labute approximate surface area is 140 Å². The summed E-state index contributed by atoms with van der Waals surface area (Å²) in [4.78, 5) is 24.1. The summed E-state index contributed by atoms with van der Waals surface area (Å²) in [5, 5.41) is 2.71. The molecule has 24 heavy (non-hydrogen) atoms. The molecule has 0 aromatic heterocycles. The standard InChI is InChI=1S/C19H20FNO3/c1-13-5-3-4-6-17(13)19(23)24-14(2)18(22)21-12-11-15-7-9-16(20)10-8-15/h3-10,14H,11-12H2,1-2H3,(H,21,22)/t14-/m0/s1. The average molecular weight is 329 g/mol. The fourth-order valence-corrected chi connectivity index (χ4v) is 2.20. The fourth-order valence-electron chi connectivity index (χ4n) is 2.20. The highest BCUT2D eigenvalue weighted by molar-refractivity contribution is 5.93. The van der Waals surface area contributed by atoms with Crippen molar-refractivity contribution in [3.63, 3.8) is 0 Å². The third-order valence-electron chi connectivity index (χ3n) is 3.64. The van der Waals surface area contributed by atoms with Gasteiger partial charge in [-0.1, -0.05) is 30.3 Å². The second-order valence-electron chi connectivity index (χ2n) is 5.53. The van der Waals surface area contributed by atoms with Crippen molar-refractivity contribution < 1.29 is 18.7 Å². The molecule has 2 aromatic carbocycles. The van der Waals surface area contributed by atoms with Crippen LogP contribution in [0.15, 0.2) is 48.5 Å². The quantitative estimate of drug-likeness (QED) is 0.829. The Morgan fingerprint density at radius 1 is 1.12 bits per heavy atom. The van der Waals surface area contributed by atoms with Gasteiger partial charge >= 0.3 is 5.97 Å². The van der Waals surface area contributed by atoms with Crippen LogP contribution in [0.4, 0.5) is 4.39 Å². The number of aryl methyl sites for hydroxylation is 1. The van der Waals surface area contributed by atoms with Gasteiger partial charge in [0, 0.05) is 6.54 Å². The Bertz CT molecular complexity index is 713. The molecule has 0 aliphatic carbocycles. The maximum absolute atomic E-state index is 12.8. The molecule has 0 saturated carbocycles. The maximum Gasteiger partial charge on any atom is 0.339 e. The van der Waals surface area contributed by atoms with Crippen molar-refractivity contribution in [3.05, 3.63) is 71.0 Å². The van der Waals surface area contributed by atoms with Crippen molar-refractivity contribution in [1.82, 2.24) is 5.32 Å².